The monoisotopic (exact) mass is 402 g/mol. The topological polar surface area (TPSA) is 75.7 Å². The molecule has 1 atom stereocenters. The second-order valence-corrected chi connectivity index (χ2v) is 9.37. The van der Waals surface area contributed by atoms with Crippen LogP contribution in [0.3, 0.4) is 0 Å². The summed E-state index contributed by atoms with van der Waals surface area (Å²) in [7, 11) is -3.48. The second kappa shape index (κ2) is 7.47. The minimum Gasteiger partial charge on any atom is -0.478 e. The first-order chi connectivity index (χ1) is 13.1. The van der Waals surface area contributed by atoms with E-state index in [1.165, 1.54) is 10.6 Å². The van der Waals surface area contributed by atoms with Crippen molar-refractivity contribution >= 4 is 27.3 Å². The van der Waals surface area contributed by atoms with Gasteiger partial charge in [-0.05, 0) is 56.5 Å². The van der Waals surface area contributed by atoms with Gasteiger partial charge in [0.25, 0.3) is 5.91 Å². The van der Waals surface area contributed by atoms with Crippen molar-refractivity contribution in [2.24, 2.45) is 0 Å². The molecule has 1 heterocycles. The van der Waals surface area contributed by atoms with Crippen LogP contribution >= 0.6 is 0 Å². The van der Waals surface area contributed by atoms with Crippen molar-refractivity contribution in [3.8, 4) is 5.75 Å². The quantitative estimate of drug-likeness (QED) is 0.853. The largest absolute Gasteiger partial charge is 0.478 e. The Labute approximate surface area is 166 Å². The van der Waals surface area contributed by atoms with Crippen LogP contribution in [0.4, 0.5) is 11.4 Å². The molecule has 6 nitrogen and oxygen atoms in total. The number of ether oxygens (including phenoxy) is 1. The van der Waals surface area contributed by atoms with Crippen LogP contribution in [0.1, 0.15) is 28.7 Å². The van der Waals surface area contributed by atoms with Crippen LogP contribution < -0.4 is 14.4 Å². The predicted molar refractivity (Wildman–Crippen MR) is 112 cm³/mol. The number of benzene rings is 2. The van der Waals surface area contributed by atoms with E-state index >= 15 is 0 Å². The van der Waals surface area contributed by atoms with Crippen molar-refractivity contribution in [2.75, 3.05) is 22.4 Å². The lowest BCUT2D eigenvalue weighted by atomic mass is 10.0. The van der Waals surface area contributed by atoms with Crippen molar-refractivity contribution in [1.29, 1.82) is 0 Å². The fraction of sp³-hybridized carbons (Fsp3) is 0.381. The van der Waals surface area contributed by atoms with Crippen molar-refractivity contribution in [3.05, 3.63) is 52.6 Å². The van der Waals surface area contributed by atoms with Gasteiger partial charge in [0, 0.05) is 18.7 Å². The summed E-state index contributed by atoms with van der Waals surface area (Å²) in [6, 6.07) is 9.36. The molecular weight excluding hydrogens is 376 g/mol. The van der Waals surface area contributed by atoms with Crippen LogP contribution in [-0.4, -0.2) is 33.2 Å². The number of aryl methyl sites for hydroxylation is 4. The van der Waals surface area contributed by atoms with E-state index in [1.54, 1.807) is 12.1 Å². The number of hydrogen-bond acceptors (Lipinski definition) is 4. The van der Waals surface area contributed by atoms with E-state index in [1.807, 2.05) is 45.9 Å². The van der Waals surface area contributed by atoms with E-state index < -0.39 is 16.1 Å². The van der Waals surface area contributed by atoms with E-state index in [0.717, 1.165) is 27.9 Å². The van der Waals surface area contributed by atoms with E-state index in [2.05, 4.69) is 5.32 Å². The number of amides is 1. The first-order valence-electron chi connectivity index (χ1n) is 9.20. The Morgan fingerprint density at radius 1 is 1.07 bits per heavy atom. The maximum absolute atomic E-state index is 12.9. The highest BCUT2D eigenvalue weighted by atomic mass is 32.2. The molecule has 2 aromatic carbocycles. The minimum atomic E-state index is -3.48. The number of rotatable bonds is 3. The third kappa shape index (κ3) is 4.14. The summed E-state index contributed by atoms with van der Waals surface area (Å²) in [6.45, 7) is 7.98. The molecule has 7 heteroatoms. The highest BCUT2D eigenvalue weighted by molar-refractivity contribution is 7.92. The van der Waals surface area contributed by atoms with Gasteiger partial charge in [-0.2, -0.15) is 0 Å². The zero-order chi connectivity index (χ0) is 20.6. The lowest BCUT2D eigenvalue weighted by molar-refractivity contribution is -0.122. The van der Waals surface area contributed by atoms with Gasteiger partial charge < -0.3 is 10.1 Å². The van der Waals surface area contributed by atoms with E-state index in [9.17, 15) is 13.2 Å². The standard InChI is InChI=1S/C21H26N2O4S/c1-13-6-7-18-17(12-13)23(28(5,25)26)9-8-19(27-18)21(24)22-20-15(3)10-14(2)11-16(20)4/h6-7,10-12,19H,8-9H2,1-5H3,(H,22,24)/t19-/m1/s1. The van der Waals surface area contributed by atoms with Gasteiger partial charge in [-0.15, -0.1) is 0 Å². The number of anilines is 2. The molecule has 0 bridgehead atoms. The summed E-state index contributed by atoms with van der Waals surface area (Å²) >= 11 is 0. The number of hydrogen-bond donors (Lipinski definition) is 1. The maximum Gasteiger partial charge on any atom is 0.265 e. The molecule has 0 aromatic heterocycles. The molecule has 0 unspecified atom stereocenters. The number of fused-ring (bicyclic) bond motifs is 1. The molecule has 2 aromatic rings. The molecule has 0 aliphatic carbocycles. The Morgan fingerprint density at radius 2 is 1.71 bits per heavy atom. The first-order valence-corrected chi connectivity index (χ1v) is 11.0. The summed E-state index contributed by atoms with van der Waals surface area (Å²) in [5, 5.41) is 2.97. The highest BCUT2D eigenvalue weighted by Crippen LogP contribution is 2.35. The van der Waals surface area contributed by atoms with E-state index in [4.69, 9.17) is 4.74 Å². The summed E-state index contributed by atoms with van der Waals surface area (Å²) in [5.41, 5.74) is 5.26. The van der Waals surface area contributed by atoms with Gasteiger partial charge in [0.2, 0.25) is 10.0 Å². The molecule has 0 fully saturated rings. The number of sulfonamides is 1. The average molecular weight is 403 g/mol. The Bertz CT molecular complexity index is 1010. The minimum absolute atomic E-state index is 0.180. The van der Waals surface area contributed by atoms with Crippen LogP contribution in [0.2, 0.25) is 0 Å². The summed E-state index contributed by atoms with van der Waals surface area (Å²) in [6.07, 6.45) is 0.642. The molecule has 1 aliphatic heterocycles. The lowest BCUT2D eigenvalue weighted by Crippen LogP contribution is -2.36. The van der Waals surface area contributed by atoms with Crippen LogP contribution in [0.15, 0.2) is 30.3 Å². The number of carbonyl (C=O) groups is 1. The summed E-state index contributed by atoms with van der Waals surface area (Å²) in [5.74, 6) is 0.114. The lowest BCUT2D eigenvalue weighted by Gasteiger charge is -2.21. The van der Waals surface area contributed by atoms with Gasteiger partial charge in [0.05, 0.1) is 11.9 Å². The second-order valence-electron chi connectivity index (χ2n) is 7.46. The van der Waals surface area contributed by atoms with Gasteiger partial charge in [-0.3, -0.25) is 9.10 Å². The van der Waals surface area contributed by atoms with Gasteiger partial charge in [0.15, 0.2) is 6.10 Å². The Balaban J connectivity index is 1.91. The molecule has 0 spiro atoms. The maximum atomic E-state index is 12.9. The third-order valence-corrected chi connectivity index (χ3v) is 6.04. The molecule has 0 saturated carbocycles. The highest BCUT2D eigenvalue weighted by Gasteiger charge is 2.31. The SMILES string of the molecule is Cc1cc(C)c(NC(=O)[C@H]2CCN(S(C)(=O)=O)c3cc(C)ccc3O2)c(C)c1. The molecule has 1 N–H and O–H groups in total. The molecule has 0 saturated heterocycles. The van der Waals surface area contributed by atoms with Gasteiger partial charge in [-0.1, -0.05) is 23.8 Å². The zero-order valence-electron chi connectivity index (χ0n) is 16.9. The summed E-state index contributed by atoms with van der Waals surface area (Å²) < 4.78 is 31.8. The fourth-order valence-electron chi connectivity index (χ4n) is 3.60. The smallest absolute Gasteiger partial charge is 0.265 e. The van der Waals surface area contributed by atoms with Gasteiger partial charge in [0.1, 0.15) is 5.75 Å². The third-order valence-electron chi connectivity index (χ3n) is 4.86. The molecule has 1 aliphatic rings. The molecule has 150 valence electrons. The van der Waals surface area contributed by atoms with Gasteiger partial charge in [-0.25, -0.2) is 8.42 Å². The number of carbonyl (C=O) groups excluding carboxylic acids is 1. The van der Waals surface area contributed by atoms with Crippen molar-refractivity contribution in [2.45, 2.75) is 40.2 Å². The molecular formula is C21H26N2O4S. The van der Waals surface area contributed by atoms with E-state index in [-0.39, 0.29) is 18.9 Å². The van der Waals surface area contributed by atoms with Crippen LogP contribution in [0.5, 0.6) is 5.75 Å². The van der Waals surface area contributed by atoms with Crippen LogP contribution in [0.25, 0.3) is 0 Å². The van der Waals surface area contributed by atoms with Crippen molar-refractivity contribution in [3.63, 3.8) is 0 Å². The normalized spacial score (nSPS) is 16.8. The Hall–Kier alpha value is -2.54. The fourth-order valence-corrected chi connectivity index (χ4v) is 4.54. The number of nitrogens with zero attached hydrogens (tertiary/aromatic N) is 1. The van der Waals surface area contributed by atoms with Gasteiger partial charge >= 0.3 is 0 Å². The Kier molecular flexibility index (Phi) is 5.39. The molecule has 3 rings (SSSR count). The first kappa shape index (κ1) is 20.2. The average Bonchev–Trinajstić information content (AvgIpc) is 2.76. The van der Waals surface area contributed by atoms with E-state index in [0.29, 0.717) is 11.4 Å². The van der Waals surface area contributed by atoms with Crippen molar-refractivity contribution in [1.82, 2.24) is 0 Å². The van der Waals surface area contributed by atoms with Crippen LogP contribution in [-0.2, 0) is 14.8 Å². The van der Waals surface area contributed by atoms with Crippen molar-refractivity contribution < 1.29 is 17.9 Å². The molecule has 1 amide bonds. The predicted octanol–water partition coefficient (Wildman–Crippen LogP) is 3.48. The summed E-state index contributed by atoms with van der Waals surface area (Å²) in [4.78, 5) is 12.9. The molecule has 0 radical (unpaired) electrons. The molecule has 28 heavy (non-hydrogen) atoms. The van der Waals surface area contributed by atoms with Crippen LogP contribution in [0, 0.1) is 27.7 Å². The Morgan fingerprint density at radius 3 is 2.32 bits per heavy atom. The number of nitrogens with one attached hydrogen (secondary N) is 1. The zero-order valence-corrected chi connectivity index (χ0v) is 17.7.